The molecule has 1 N–H and O–H groups in total. The van der Waals surface area contributed by atoms with Crippen LogP contribution < -0.4 is 4.74 Å². The van der Waals surface area contributed by atoms with Gasteiger partial charge in [0.25, 0.3) is 0 Å². The summed E-state index contributed by atoms with van der Waals surface area (Å²) in [5.74, 6) is -0.379. The predicted molar refractivity (Wildman–Crippen MR) is 68.7 cm³/mol. The van der Waals surface area contributed by atoms with Gasteiger partial charge in [-0.2, -0.15) is 0 Å². The zero-order valence-corrected chi connectivity index (χ0v) is 10.4. The van der Waals surface area contributed by atoms with Gasteiger partial charge in [-0.05, 0) is 25.1 Å². The molecule has 0 aliphatic rings. The number of hydrogen-bond donors (Lipinski definition) is 1. The van der Waals surface area contributed by atoms with E-state index >= 15 is 0 Å². The van der Waals surface area contributed by atoms with Crippen LogP contribution in [0.3, 0.4) is 0 Å². The van der Waals surface area contributed by atoms with Crippen molar-refractivity contribution in [2.24, 2.45) is 0 Å². The number of aryl methyl sites for hydroxylation is 1. The number of carboxylic acids is 1. The van der Waals surface area contributed by atoms with Gasteiger partial charge in [0.05, 0.1) is 6.20 Å². The second-order valence-electron chi connectivity index (χ2n) is 4.03. The number of carboxylic acid groups (broad SMARTS) is 1. The molecule has 1 aromatic carbocycles. The molecule has 0 amide bonds. The van der Waals surface area contributed by atoms with Gasteiger partial charge in [-0.3, -0.25) is 0 Å². The monoisotopic (exact) mass is 259 g/mol. The van der Waals surface area contributed by atoms with Crippen LogP contribution in [0.1, 0.15) is 16.7 Å². The molecule has 0 aliphatic carbocycles. The predicted octanol–water partition coefficient (Wildman–Crippen LogP) is 2.66. The summed E-state index contributed by atoms with van der Waals surface area (Å²) in [6.07, 6.45) is 5.67. The summed E-state index contributed by atoms with van der Waals surface area (Å²) in [5, 5.41) is 12.3. The number of rotatable bonds is 5. The third-order valence-corrected chi connectivity index (χ3v) is 2.45. The summed E-state index contributed by atoms with van der Waals surface area (Å²) in [6, 6.07) is 5.58. The average molecular weight is 259 g/mol. The van der Waals surface area contributed by atoms with Crippen molar-refractivity contribution in [1.29, 1.82) is 0 Å². The minimum atomic E-state index is -0.994. The SMILES string of the molecule is Cc1ccc(OCc2cnoc2)c(C=CC(=O)O)c1. The second-order valence-corrected chi connectivity index (χ2v) is 4.03. The third-order valence-electron chi connectivity index (χ3n) is 2.45. The summed E-state index contributed by atoms with van der Waals surface area (Å²) in [5.41, 5.74) is 2.56. The van der Waals surface area contributed by atoms with Crippen LogP contribution in [0.2, 0.25) is 0 Å². The molecular weight excluding hydrogens is 246 g/mol. The largest absolute Gasteiger partial charge is 0.488 e. The standard InChI is InChI=1S/C14H13NO4/c1-10-2-4-13(12(6-10)3-5-14(16)17)18-8-11-7-15-19-9-11/h2-7,9H,8H2,1H3,(H,16,17). The Hall–Kier alpha value is -2.56. The van der Waals surface area contributed by atoms with Crippen molar-refractivity contribution in [3.8, 4) is 5.75 Å². The Kier molecular flexibility index (Phi) is 3.97. The lowest BCUT2D eigenvalue weighted by Crippen LogP contribution is -1.96. The summed E-state index contributed by atoms with van der Waals surface area (Å²) in [7, 11) is 0. The number of hydrogen-bond acceptors (Lipinski definition) is 4. The van der Waals surface area contributed by atoms with E-state index in [-0.39, 0.29) is 0 Å². The summed E-state index contributed by atoms with van der Waals surface area (Å²) in [6.45, 7) is 2.25. The van der Waals surface area contributed by atoms with E-state index in [1.165, 1.54) is 12.3 Å². The molecule has 2 rings (SSSR count). The minimum Gasteiger partial charge on any atom is -0.488 e. The maximum atomic E-state index is 10.6. The topological polar surface area (TPSA) is 72.6 Å². The van der Waals surface area contributed by atoms with Gasteiger partial charge in [0.2, 0.25) is 0 Å². The van der Waals surface area contributed by atoms with Gasteiger partial charge in [-0.15, -0.1) is 0 Å². The second kappa shape index (κ2) is 5.86. The van der Waals surface area contributed by atoms with Crippen molar-refractivity contribution >= 4 is 12.0 Å². The summed E-state index contributed by atoms with van der Waals surface area (Å²) in [4.78, 5) is 10.6. The number of ether oxygens (including phenoxy) is 1. The fourth-order valence-corrected chi connectivity index (χ4v) is 1.55. The van der Waals surface area contributed by atoms with Crippen molar-refractivity contribution < 1.29 is 19.2 Å². The first kappa shape index (κ1) is 12.9. The summed E-state index contributed by atoms with van der Waals surface area (Å²) < 4.78 is 10.3. The molecule has 5 nitrogen and oxygen atoms in total. The van der Waals surface area contributed by atoms with Crippen molar-refractivity contribution in [2.45, 2.75) is 13.5 Å². The Labute approximate surface area is 110 Å². The minimum absolute atomic E-state index is 0.320. The van der Waals surface area contributed by atoms with Crippen molar-refractivity contribution in [1.82, 2.24) is 5.16 Å². The fourth-order valence-electron chi connectivity index (χ4n) is 1.55. The number of aliphatic carboxylic acids is 1. The van der Waals surface area contributed by atoms with Crippen molar-refractivity contribution in [3.63, 3.8) is 0 Å². The van der Waals surface area contributed by atoms with E-state index in [0.29, 0.717) is 12.4 Å². The normalized spacial score (nSPS) is 10.8. The fraction of sp³-hybridized carbons (Fsp3) is 0.143. The molecule has 0 saturated heterocycles. The highest BCUT2D eigenvalue weighted by Gasteiger charge is 2.04. The van der Waals surface area contributed by atoms with E-state index in [9.17, 15) is 4.79 Å². The van der Waals surface area contributed by atoms with E-state index in [1.54, 1.807) is 6.20 Å². The molecule has 98 valence electrons. The maximum Gasteiger partial charge on any atom is 0.328 e. The number of nitrogens with zero attached hydrogens (tertiary/aromatic N) is 1. The highest BCUT2D eigenvalue weighted by atomic mass is 16.5. The highest BCUT2D eigenvalue weighted by molar-refractivity contribution is 5.85. The van der Waals surface area contributed by atoms with E-state index in [1.807, 2.05) is 25.1 Å². The molecule has 1 aromatic heterocycles. The Morgan fingerprint density at radius 2 is 2.37 bits per heavy atom. The van der Waals surface area contributed by atoms with Crippen LogP contribution >= 0.6 is 0 Å². The molecule has 2 aromatic rings. The molecule has 1 heterocycles. The van der Waals surface area contributed by atoms with Gasteiger partial charge in [0.1, 0.15) is 18.6 Å². The molecule has 0 spiro atoms. The van der Waals surface area contributed by atoms with Crippen LogP contribution in [0.4, 0.5) is 0 Å². The van der Waals surface area contributed by atoms with Gasteiger partial charge >= 0.3 is 5.97 Å². The first-order valence-electron chi connectivity index (χ1n) is 5.68. The number of aromatic nitrogens is 1. The zero-order chi connectivity index (χ0) is 13.7. The van der Waals surface area contributed by atoms with Crippen LogP contribution in [-0.2, 0) is 11.4 Å². The number of carbonyl (C=O) groups is 1. The molecule has 0 radical (unpaired) electrons. The summed E-state index contributed by atoms with van der Waals surface area (Å²) >= 11 is 0. The van der Waals surface area contributed by atoms with E-state index in [0.717, 1.165) is 22.8 Å². The smallest absolute Gasteiger partial charge is 0.328 e. The van der Waals surface area contributed by atoms with Crippen LogP contribution in [0.15, 0.2) is 41.3 Å². The average Bonchev–Trinajstić information content (AvgIpc) is 2.88. The Balaban J connectivity index is 2.16. The third kappa shape index (κ3) is 3.70. The molecule has 0 fully saturated rings. The molecule has 19 heavy (non-hydrogen) atoms. The lowest BCUT2D eigenvalue weighted by atomic mass is 10.1. The van der Waals surface area contributed by atoms with Crippen LogP contribution in [0.25, 0.3) is 6.08 Å². The van der Waals surface area contributed by atoms with Gasteiger partial charge in [0.15, 0.2) is 0 Å². The first-order chi connectivity index (χ1) is 9.15. The Bertz CT molecular complexity index is 587. The van der Waals surface area contributed by atoms with Crippen LogP contribution in [0, 0.1) is 6.92 Å². The first-order valence-corrected chi connectivity index (χ1v) is 5.68. The highest BCUT2D eigenvalue weighted by Crippen LogP contribution is 2.22. The molecule has 0 unspecified atom stereocenters. The molecular formula is C14H13NO4. The molecule has 0 saturated carbocycles. The molecule has 0 aliphatic heterocycles. The van der Waals surface area contributed by atoms with Gasteiger partial charge in [-0.1, -0.05) is 16.8 Å². The van der Waals surface area contributed by atoms with Gasteiger partial charge < -0.3 is 14.4 Å². The van der Waals surface area contributed by atoms with E-state index in [2.05, 4.69) is 5.16 Å². The molecule has 0 bridgehead atoms. The maximum absolute atomic E-state index is 10.6. The van der Waals surface area contributed by atoms with Crippen molar-refractivity contribution in [2.75, 3.05) is 0 Å². The lowest BCUT2D eigenvalue weighted by Gasteiger charge is -2.08. The Morgan fingerprint density at radius 3 is 3.05 bits per heavy atom. The van der Waals surface area contributed by atoms with Crippen LogP contribution in [0.5, 0.6) is 5.75 Å². The lowest BCUT2D eigenvalue weighted by molar-refractivity contribution is -0.131. The Morgan fingerprint density at radius 1 is 1.53 bits per heavy atom. The van der Waals surface area contributed by atoms with E-state index in [4.69, 9.17) is 14.4 Å². The van der Waals surface area contributed by atoms with E-state index < -0.39 is 5.97 Å². The van der Waals surface area contributed by atoms with Gasteiger partial charge in [0, 0.05) is 17.2 Å². The number of benzene rings is 1. The van der Waals surface area contributed by atoms with Crippen LogP contribution in [-0.4, -0.2) is 16.2 Å². The molecule has 0 atom stereocenters. The quantitative estimate of drug-likeness (QED) is 0.836. The van der Waals surface area contributed by atoms with Gasteiger partial charge in [-0.25, -0.2) is 4.79 Å². The zero-order valence-electron chi connectivity index (χ0n) is 10.4. The van der Waals surface area contributed by atoms with Crippen molar-refractivity contribution in [3.05, 3.63) is 53.4 Å². The molecule has 5 heteroatoms.